The monoisotopic (exact) mass is 184 g/mol. The van der Waals surface area contributed by atoms with Crippen LogP contribution < -0.4 is 0 Å². The Morgan fingerprint density at radius 1 is 1.40 bits per heavy atom. The zero-order valence-electron chi connectivity index (χ0n) is 6.37. The fourth-order valence-electron chi connectivity index (χ4n) is 0.278. The van der Waals surface area contributed by atoms with E-state index >= 15 is 0 Å². The topological polar surface area (TPSA) is 66.8 Å². The van der Waals surface area contributed by atoms with E-state index in [4.69, 9.17) is 14.2 Å². The maximum Gasteiger partial charge on any atom is 0.349 e. The van der Waals surface area contributed by atoms with E-state index in [1.807, 2.05) is 19.6 Å². The molecule has 0 heterocycles. The molecule has 4 nitrogen and oxygen atoms in total. The number of hydrogen-bond donors (Lipinski definition) is 2. The van der Waals surface area contributed by atoms with Crippen LogP contribution in [0.4, 0.5) is 0 Å². The summed E-state index contributed by atoms with van der Waals surface area (Å²) >= 11 is 0. The largest absolute Gasteiger partial charge is 0.406 e. The molecule has 0 saturated carbocycles. The van der Waals surface area contributed by atoms with Gasteiger partial charge in [0, 0.05) is 0 Å². The lowest BCUT2D eigenvalue weighted by molar-refractivity contribution is 0.297. The molecule has 0 amide bonds. The molecule has 0 saturated heterocycles. The highest BCUT2D eigenvalue weighted by molar-refractivity contribution is 7.51. The molecular formula is C4H13O4PSi. The van der Waals surface area contributed by atoms with Crippen molar-refractivity contribution in [3.63, 3.8) is 0 Å². The van der Waals surface area contributed by atoms with Crippen molar-refractivity contribution in [3.05, 3.63) is 0 Å². The van der Waals surface area contributed by atoms with Gasteiger partial charge in [-0.05, 0) is 19.6 Å². The molecule has 0 bridgehead atoms. The van der Waals surface area contributed by atoms with Gasteiger partial charge in [0.25, 0.3) is 0 Å². The minimum Gasteiger partial charge on any atom is -0.406 e. The van der Waals surface area contributed by atoms with Gasteiger partial charge in [-0.2, -0.15) is 0 Å². The van der Waals surface area contributed by atoms with Gasteiger partial charge in [0.15, 0.2) is 8.32 Å². The standard InChI is InChI=1S/C4H13O4PSi/c1-10(2,3)8-4-9(5,6)7/h4H2,1-3H3,(H2,5,6,7). The molecule has 6 heteroatoms. The summed E-state index contributed by atoms with van der Waals surface area (Å²) < 4.78 is 15.2. The van der Waals surface area contributed by atoms with Crippen LogP contribution in [-0.4, -0.2) is 24.5 Å². The Hall–Kier alpha value is 0.327. The third-order valence-electron chi connectivity index (χ3n) is 0.666. The molecule has 0 spiro atoms. The normalized spacial score (nSPS) is 13.7. The molecule has 0 aromatic heterocycles. The summed E-state index contributed by atoms with van der Waals surface area (Å²) in [5, 5.41) is 0. The number of rotatable bonds is 3. The molecule has 0 aliphatic carbocycles. The number of hydrogen-bond acceptors (Lipinski definition) is 2. The molecule has 0 fully saturated rings. The van der Waals surface area contributed by atoms with E-state index in [0.29, 0.717) is 0 Å². The van der Waals surface area contributed by atoms with Gasteiger partial charge in [0.2, 0.25) is 0 Å². The first kappa shape index (κ1) is 10.3. The predicted octanol–water partition coefficient (Wildman–Crippen LogP) is 0.973. The lowest BCUT2D eigenvalue weighted by Crippen LogP contribution is -2.25. The summed E-state index contributed by atoms with van der Waals surface area (Å²) in [6.45, 7) is 5.63. The highest BCUT2D eigenvalue weighted by Gasteiger charge is 2.20. The van der Waals surface area contributed by atoms with Gasteiger partial charge in [0.05, 0.1) is 0 Å². The van der Waals surface area contributed by atoms with Crippen LogP contribution in [0, 0.1) is 0 Å². The minimum atomic E-state index is -3.95. The fraction of sp³-hybridized carbons (Fsp3) is 1.00. The maximum absolute atomic E-state index is 10.3. The Kier molecular flexibility index (Phi) is 3.25. The van der Waals surface area contributed by atoms with Crippen molar-refractivity contribution in [2.24, 2.45) is 0 Å². The van der Waals surface area contributed by atoms with Crippen molar-refractivity contribution in [3.8, 4) is 0 Å². The van der Waals surface area contributed by atoms with Crippen molar-refractivity contribution in [1.82, 2.24) is 0 Å². The zero-order chi connectivity index (χ0) is 8.41. The Morgan fingerprint density at radius 3 is 1.90 bits per heavy atom. The van der Waals surface area contributed by atoms with Crippen molar-refractivity contribution in [2.75, 3.05) is 6.35 Å². The summed E-state index contributed by atoms with van der Waals surface area (Å²) in [5.74, 6) is 0. The quantitative estimate of drug-likeness (QED) is 0.506. The van der Waals surface area contributed by atoms with Crippen molar-refractivity contribution < 1.29 is 18.8 Å². The average Bonchev–Trinajstić information content (AvgIpc) is 1.57. The second kappa shape index (κ2) is 3.15. The first-order valence-corrected chi connectivity index (χ1v) is 8.10. The van der Waals surface area contributed by atoms with E-state index in [-0.39, 0.29) is 0 Å². The SMILES string of the molecule is C[Si](C)(C)OCP(=O)(O)O. The summed E-state index contributed by atoms with van der Waals surface area (Å²) in [5.41, 5.74) is 0. The minimum absolute atomic E-state index is 0.442. The third-order valence-corrected chi connectivity index (χ3v) is 2.38. The Morgan fingerprint density at radius 2 is 1.80 bits per heavy atom. The van der Waals surface area contributed by atoms with E-state index in [1.54, 1.807) is 0 Å². The van der Waals surface area contributed by atoms with Gasteiger partial charge in [-0.1, -0.05) is 0 Å². The highest BCUT2D eigenvalue weighted by atomic mass is 31.2. The van der Waals surface area contributed by atoms with Crippen molar-refractivity contribution in [1.29, 1.82) is 0 Å². The zero-order valence-corrected chi connectivity index (χ0v) is 8.26. The third kappa shape index (κ3) is 8.33. The smallest absolute Gasteiger partial charge is 0.349 e. The van der Waals surface area contributed by atoms with Crippen LogP contribution in [0.5, 0.6) is 0 Å². The molecule has 2 N–H and O–H groups in total. The van der Waals surface area contributed by atoms with Crippen LogP contribution in [0.25, 0.3) is 0 Å². The van der Waals surface area contributed by atoms with Crippen LogP contribution >= 0.6 is 7.60 Å². The van der Waals surface area contributed by atoms with E-state index in [1.165, 1.54) is 0 Å². The van der Waals surface area contributed by atoms with Crippen LogP contribution in [0.15, 0.2) is 0 Å². The van der Waals surface area contributed by atoms with E-state index in [9.17, 15) is 4.57 Å². The second-order valence-corrected chi connectivity index (χ2v) is 9.15. The molecule has 0 aromatic rings. The summed E-state index contributed by atoms with van der Waals surface area (Å²) in [6.07, 6.45) is -0.442. The lowest BCUT2D eigenvalue weighted by Gasteiger charge is -2.17. The molecule has 0 atom stereocenters. The van der Waals surface area contributed by atoms with Crippen LogP contribution in [0.3, 0.4) is 0 Å². The lowest BCUT2D eigenvalue weighted by atomic mass is 11.7. The first-order chi connectivity index (χ1) is 4.21. The van der Waals surface area contributed by atoms with Gasteiger partial charge >= 0.3 is 7.60 Å². The second-order valence-electron chi connectivity index (χ2n) is 3.05. The van der Waals surface area contributed by atoms with Gasteiger partial charge in [-0.25, -0.2) is 0 Å². The van der Waals surface area contributed by atoms with Crippen LogP contribution in [-0.2, 0) is 8.99 Å². The molecule has 62 valence electrons. The van der Waals surface area contributed by atoms with Gasteiger partial charge in [-0.3, -0.25) is 4.57 Å². The average molecular weight is 184 g/mol. The van der Waals surface area contributed by atoms with Crippen LogP contribution in [0.1, 0.15) is 0 Å². The first-order valence-electron chi connectivity index (χ1n) is 2.89. The van der Waals surface area contributed by atoms with E-state index < -0.39 is 22.3 Å². The molecule has 0 aliphatic rings. The van der Waals surface area contributed by atoms with Gasteiger partial charge < -0.3 is 14.2 Å². The Labute approximate surface area is 61.5 Å². The molecule has 0 unspecified atom stereocenters. The van der Waals surface area contributed by atoms with E-state index in [0.717, 1.165) is 0 Å². The van der Waals surface area contributed by atoms with Gasteiger partial charge in [-0.15, -0.1) is 0 Å². The molecule has 0 aromatic carbocycles. The van der Waals surface area contributed by atoms with Gasteiger partial charge in [0.1, 0.15) is 6.35 Å². The predicted molar refractivity (Wildman–Crippen MR) is 41.3 cm³/mol. The van der Waals surface area contributed by atoms with Crippen molar-refractivity contribution >= 4 is 15.9 Å². The summed E-state index contributed by atoms with van der Waals surface area (Å²) in [7, 11) is -5.71. The maximum atomic E-state index is 10.3. The molecule has 0 rings (SSSR count). The fourth-order valence-corrected chi connectivity index (χ4v) is 2.50. The molecule has 0 aliphatic heterocycles. The molecule has 0 radical (unpaired) electrons. The van der Waals surface area contributed by atoms with Crippen molar-refractivity contribution in [2.45, 2.75) is 19.6 Å². The van der Waals surface area contributed by atoms with Crippen LogP contribution in [0.2, 0.25) is 19.6 Å². The Balaban J connectivity index is 3.67. The summed E-state index contributed by atoms with van der Waals surface area (Å²) in [6, 6.07) is 0. The van der Waals surface area contributed by atoms with E-state index in [2.05, 4.69) is 0 Å². The molecular weight excluding hydrogens is 171 g/mol. The summed E-state index contributed by atoms with van der Waals surface area (Å²) in [4.78, 5) is 16.8. The highest BCUT2D eigenvalue weighted by Crippen LogP contribution is 2.34. The Bertz CT molecular complexity index is 146. The molecule has 10 heavy (non-hydrogen) atoms.